The summed E-state index contributed by atoms with van der Waals surface area (Å²) in [7, 11) is 0. The molecule has 2 nitrogen and oxygen atoms in total. The van der Waals surface area contributed by atoms with Crippen molar-refractivity contribution < 1.29 is 4.79 Å². The molecule has 0 heterocycles. The van der Waals surface area contributed by atoms with Gasteiger partial charge >= 0.3 is 0 Å². The third-order valence-electron chi connectivity index (χ3n) is 3.19. The van der Waals surface area contributed by atoms with Gasteiger partial charge in [0.1, 0.15) is 0 Å². The monoisotopic (exact) mass is 301 g/mol. The molecule has 1 amide bonds. The number of nitrogens with one attached hydrogen (secondary N) is 1. The molecule has 1 atom stereocenters. The highest BCUT2D eigenvalue weighted by Gasteiger charge is 2.11. The van der Waals surface area contributed by atoms with E-state index in [2.05, 4.69) is 12.2 Å². The van der Waals surface area contributed by atoms with Crippen LogP contribution in [0.2, 0.25) is 5.02 Å². The molecule has 0 aliphatic rings. The Balaban J connectivity index is 2.56. The summed E-state index contributed by atoms with van der Waals surface area (Å²) in [5, 5.41) is 3.66. The van der Waals surface area contributed by atoms with Crippen LogP contribution in [-0.2, 0) is 0 Å². The molecule has 19 heavy (non-hydrogen) atoms. The van der Waals surface area contributed by atoms with Crippen LogP contribution in [0.5, 0.6) is 0 Å². The van der Waals surface area contributed by atoms with Crippen LogP contribution in [0.3, 0.4) is 0 Å². The Morgan fingerprint density at radius 2 is 2.11 bits per heavy atom. The van der Waals surface area contributed by atoms with Crippen LogP contribution < -0.4 is 5.32 Å². The Kier molecular flexibility index (Phi) is 7.25. The molecule has 1 unspecified atom stereocenters. The largest absolute Gasteiger partial charge is 0.352 e. The summed E-state index contributed by atoms with van der Waals surface area (Å²) in [5.74, 6) is 1.05. The molecule has 0 aliphatic heterocycles. The van der Waals surface area contributed by atoms with Crippen LogP contribution in [0, 0.1) is 12.8 Å². The number of aryl methyl sites for hydroxylation is 1. The molecule has 0 saturated heterocycles. The minimum atomic E-state index is -0.0459. The van der Waals surface area contributed by atoms with Gasteiger partial charge in [0.25, 0.3) is 5.91 Å². The fraction of sp³-hybridized carbons (Fsp3) is 0.533. The average Bonchev–Trinajstić information content (AvgIpc) is 2.39. The summed E-state index contributed by atoms with van der Waals surface area (Å²) in [6.45, 7) is 4.72. The van der Waals surface area contributed by atoms with Gasteiger partial charge in [-0.25, -0.2) is 0 Å². The van der Waals surface area contributed by atoms with E-state index in [9.17, 15) is 4.79 Å². The molecule has 1 N–H and O–H groups in total. The molecule has 0 aliphatic carbocycles. The van der Waals surface area contributed by atoms with Crippen molar-refractivity contribution in [2.75, 3.05) is 12.4 Å². The van der Waals surface area contributed by atoms with Gasteiger partial charge in [0.05, 0.1) is 0 Å². The molecule has 0 bridgehead atoms. The zero-order valence-electron chi connectivity index (χ0n) is 11.5. The molecule has 1 aromatic carbocycles. The van der Waals surface area contributed by atoms with E-state index < -0.39 is 0 Å². The van der Waals surface area contributed by atoms with Gasteiger partial charge in [-0.1, -0.05) is 24.9 Å². The lowest BCUT2D eigenvalue weighted by atomic mass is 10.0. The molecule has 1 rings (SSSR count). The van der Waals surface area contributed by atoms with Crippen molar-refractivity contribution in [3.05, 3.63) is 34.3 Å². The fourth-order valence-electron chi connectivity index (χ4n) is 2.04. The zero-order chi connectivity index (χ0) is 14.3. The highest BCUT2D eigenvalue weighted by Crippen LogP contribution is 2.16. The summed E-state index contributed by atoms with van der Waals surface area (Å²) in [4.78, 5) is 12.0. The maximum atomic E-state index is 12.0. The van der Waals surface area contributed by atoms with E-state index >= 15 is 0 Å². The number of carbonyl (C=O) groups is 1. The van der Waals surface area contributed by atoms with Crippen LogP contribution in [0.1, 0.15) is 42.1 Å². The fourth-order valence-corrected chi connectivity index (χ4v) is 2.46. The van der Waals surface area contributed by atoms with Crippen molar-refractivity contribution in [2.24, 2.45) is 5.92 Å². The average molecular weight is 302 g/mol. The van der Waals surface area contributed by atoms with E-state index in [1.54, 1.807) is 12.1 Å². The molecule has 0 saturated carbocycles. The number of rotatable bonds is 7. The molecule has 4 heteroatoms. The van der Waals surface area contributed by atoms with Crippen LogP contribution in [-0.4, -0.2) is 18.3 Å². The quantitative estimate of drug-likeness (QED) is 0.742. The molecular weight excluding hydrogens is 281 g/mol. The van der Waals surface area contributed by atoms with Crippen LogP contribution in [0.15, 0.2) is 18.2 Å². The number of alkyl halides is 1. The first-order chi connectivity index (χ1) is 9.08. The topological polar surface area (TPSA) is 29.1 Å². The Labute approximate surface area is 125 Å². The SMILES string of the molecule is CCCC(CCCl)CNC(=O)c1ccc(Cl)c(C)c1. The van der Waals surface area contributed by atoms with Gasteiger partial charge in [-0.3, -0.25) is 4.79 Å². The molecule has 0 aromatic heterocycles. The summed E-state index contributed by atoms with van der Waals surface area (Å²) < 4.78 is 0. The van der Waals surface area contributed by atoms with Gasteiger partial charge in [0, 0.05) is 23.0 Å². The Morgan fingerprint density at radius 1 is 1.37 bits per heavy atom. The lowest BCUT2D eigenvalue weighted by Gasteiger charge is -2.15. The van der Waals surface area contributed by atoms with Gasteiger partial charge in [0.15, 0.2) is 0 Å². The summed E-state index contributed by atoms with van der Waals surface area (Å²) in [5.41, 5.74) is 1.57. The van der Waals surface area contributed by atoms with Crippen LogP contribution in [0.25, 0.3) is 0 Å². The van der Waals surface area contributed by atoms with E-state index in [0.29, 0.717) is 28.9 Å². The summed E-state index contributed by atoms with van der Waals surface area (Å²) >= 11 is 11.7. The summed E-state index contributed by atoms with van der Waals surface area (Å²) in [6, 6.07) is 5.32. The molecule has 1 aromatic rings. The smallest absolute Gasteiger partial charge is 0.251 e. The Morgan fingerprint density at radius 3 is 2.68 bits per heavy atom. The number of benzene rings is 1. The van der Waals surface area contributed by atoms with Crippen molar-refractivity contribution in [3.63, 3.8) is 0 Å². The number of hydrogen-bond donors (Lipinski definition) is 1. The van der Waals surface area contributed by atoms with E-state index in [1.165, 1.54) is 0 Å². The van der Waals surface area contributed by atoms with Gasteiger partial charge in [-0.05, 0) is 49.4 Å². The van der Waals surface area contributed by atoms with Gasteiger partial charge in [0.2, 0.25) is 0 Å². The van der Waals surface area contributed by atoms with Gasteiger partial charge in [-0.15, -0.1) is 11.6 Å². The van der Waals surface area contributed by atoms with Crippen molar-refractivity contribution in [3.8, 4) is 0 Å². The molecular formula is C15H21Cl2NO. The second-order valence-corrected chi connectivity index (χ2v) is 5.59. The second kappa shape index (κ2) is 8.44. The molecule has 0 radical (unpaired) electrons. The van der Waals surface area contributed by atoms with E-state index in [0.717, 1.165) is 24.8 Å². The predicted octanol–water partition coefficient (Wildman–Crippen LogP) is 4.42. The van der Waals surface area contributed by atoms with Crippen LogP contribution >= 0.6 is 23.2 Å². The van der Waals surface area contributed by atoms with E-state index in [-0.39, 0.29) is 5.91 Å². The minimum Gasteiger partial charge on any atom is -0.352 e. The lowest BCUT2D eigenvalue weighted by Crippen LogP contribution is -2.29. The number of carbonyl (C=O) groups excluding carboxylic acids is 1. The van der Waals surface area contributed by atoms with Gasteiger partial charge < -0.3 is 5.32 Å². The summed E-state index contributed by atoms with van der Waals surface area (Å²) in [6.07, 6.45) is 3.14. The standard InChI is InChI=1S/C15H21Cl2NO/c1-3-4-12(7-8-16)10-18-15(19)13-5-6-14(17)11(2)9-13/h5-6,9,12H,3-4,7-8,10H2,1-2H3,(H,18,19). The van der Waals surface area contributed by atoms with Crippen molar-refractivity contribution >= 4 is 29.1 Å². The number of amides is 1. The van der Waals surface area contributed by atoms with Crippen LogP contribution in [0.4, 0.5) is 0 Å². The molecule has 0 spiro atoms. The maximum Gasteiger partial charge on any atom is 0.251 e. The Hall–Kier alpha value is -0.730. The predicted molar refractivity (Wildman–Crippen MR) is 82.3 cm³/mol. The van der Waals surface area contributed by atoms with E-state index in [4.69, 9.17) is 23.2 Å². The van der Waals surface area contributed by atoms with Crippen molar-refractivity contribution in [1.82, 2.24) is 5.32 Å². The lowest BCUT2D eigenvalue weighted by molar-refractivity contribution is 0.0946. The highest BCUT2D eigenvalue weighted by atomic mass is 35.5. The zero-order valence-corrected chi connectivity index (χ0v) is 13.0. The Bertz CT molecular complexity index is 415. The van der Waals surface area contributed by atoms with Crippen molar-refractivity contribution in [2.45, 2.75) is 33.1 Å². The highest BCUT2D eigenvalue weighted by molar-refractivity contribution is 6.31. The number of halogens is 2. The normalized spacial score (nSPS) is 12.2. The van der Waals surface area contributed by atoms with Crippen molar-refractivity contribution in [1.29, 1.82) is 0 Å². The number of hydrogen-bond acceptors (Lipinski definition) is 1. The third-order valence-corrected chi connectivity index (χ3v) is 3.83. The van der Waals surface area contributed by atoms with Gasteiger partial charge in [-0.2, -0.15) is 0 Å². The maximum absolute atomic E-state index is 12.0. The first-order valence-corrected chi connectivity index (χ1v) is 7.60. The molecule has 0 fully saturated rings. The molecule has 106 valence electrons. The minimum absolute atomic E-state index is 0.0459. The third kappa shape index (κ3) is 5.42. The van der Waals surface area contributed by atoms with E-state index in [1.807, 2.05) is 13.0 Å². The first-order valence-electron chi connectivity index (χ1n) is 6.68. The first kappa shape index (κ1) is 16.3. The second-order valence-electron chi connectivity index (χ2n) is 4.81.